The maximum atomic E-state index is 10.6. The second-order valence-electron chi connectivity index (χ2n) is 2.64. The fourth-order valence-corrected chi connectivity index (χ4v) is 1.24. The maximum Gasteiger partial charge on any atom is 0.411 e. The lowest BCUT2D eigenvalue weighted by atomic mass is 10.2. The van der Waals surface area contributed by atoms with Crippen LogP contribution in [0.1, 0.15) is 11.3 Å². The molecule has 0 spiro atoms. The summed E-state index contributed by atoms with van der Waals surface area (Å²) in [5.74, 6) is 0. The monoisotopic (exact) mass is 164 g/mol. The quantitative estimate of drug-likeness (QED) is 0.610. The van der Waals surface area contributed by atoms with Crippen LogP contribution in [0.3, 0.4) is 0 Å². The van der Waals surface area contributed by atoms with Gasteiger partial charge in [0.25, 0.3) is 0 Å². The largest absolute Gasteiger partial charge is 0.465 e. The van der Waals surface area contributed by atoms with Crippen molar-refractivity contribution in [3.05, 3.63) is 29.7 Å². The van der Waals surface area contributed by atoms with Crippen LogP contribution in [0.15, 0.2) is 18.5 Å². The number of hydrogen-bond donors (Lipinski definition) is 2. The molecule has 4 nitrogen and oxygen atoms in total. The van der Waals surface area contributed by atoms with E-state index in [0.717, 1.165) is 11.3 Å². The lowest BCUT2D eigenvalue weighted by molar-refractivity contribution is 0.161. The Labute approximate surface area is 69.1 Å². The third kappa shape index (κ3) is 0.972. The molecule has 0 fully saturated rings. The van der Waals surface area contributed by atoms with E-state index in [1.807, 2.05) is 6.07 Å². The zero-order chi connectivity index (χ0) is 8.55. The summed E-state index contributed by atoms with van der Waals surface area (Å²) in [6, 6.07) is 1.88. The molecule has 2 N–H and O–H groups in total. The van der Waals surface area contributed by atoms with Crippen LogP contribution in [-0.2, 0) is 6.54 Å². The molecule has 0 atom stereocenters. The lowest BCUT2D eigenvalue weighted by Crippen LogP contribution is -2.24. The van der Waals surface area contributed by atoms with E-state index in [1.165, 1.54) is 4.90 Å². The number of nitrogens with zero attached hydrogens (tertiary/aromatic N) is 1. The van der Waals surface area contributed by atoms with Crippen LogP contribution in [0.25, 0.3) is 6.08 Å². The topological polar surface area (TPSA) is 56.3 Å². The van der Waals surface area contributed by atoms with Gasteiger partial charge in [-0.05, 0) is 17.7 Å². The van der Waals surface area contributed by atoms with Gasteiger partial charge in [-0.3, -0.25) is 4.90 Å². The van der Waals surface area contributed by atoms with Crippen LogP contribution in [0.5, 0.6) is 0 Å². The normalized spacial score (nSPS) is 14.5. The first-order valence-electron chi connectivity index (χ1n) is 3.61. The predicted molar refractivity (Wildman–Crippen MR) is 43.4 cm³/mol. The third-order valence-electron chi connectivity index (χ3n) is 1.88. The van der Waals surface area contributed by atoms with Crippen LogP contribution >= 0.6 is 0 Å². The average Bonchev–Trinajstić information content (AvgIpc) is 2.49. The van der Waals surface area contributed by atoms with E-state index in [9.17, 15) is 4.79 Å². The van der Waals surface area contributed by atoms with E-state index >= 15 is 0 Å². The molecule has 0 aliphatic carbocycles. The highest BCUT2D eigenvalue weighted by molar-refractivity contribution is 5.69. The Kier molecular flexibility index (Phi) is 1.40. The van der Waals surface area contributed by atoms with E-state index in [1.54, 1.807) is 18.5 Å². The Balaban J connectivity index is 2.30. The Morgan fingerprint density at radius 3 is 3.25 bits per heavy atom. The number of fused-ring (bicyclic) bond motifs is 1. The lowest BCUT2D eigenvalue weighted by Gasteiger charge is -2.17. The van der Waals surface area contributed by atoms with Gasteiger partial charge in [-0.1, -0.05) is 0 Å². The summed E-state index contributed by atoms with van der Waals surface area (Å²) >= 11 is 0. The van der Waals surface area contributed by atoms with Crippen LogP contribution in [0, 0.1) is 0 Å². The zero-order valence-electron chi connectivity index (χ0n) is 6.32. The van der Waals surface area contributed by atoms with Crippen LogP contribution in [0.2, 0.25) is 0 Å². The first-order valence-corrected chi connectivity index (χ1v) is 3.61. The molecule has 1 aromatic rings. The number of amides is 1. The highest BCUT2D eigenvalue weighted by Gasteiger charge is 2.15. The minimum Gasteiger partial charge on any atom is -0.465 e. The summed E-state index contributed by atoms with van der Waals surface area (Å²) in [6.07, 6.45) is 4.20. The van der Waals surface area contributed by atoms with Crippen LogP contribution < -0.4 is 0 Å². The van der Waals surface area contributed by atoms with Crippen molar-refractivity contribution in [2.45, 2.75) is 6.54 Å². The molecule has 2 rings (SSSR count). The molecule has 0 saturated carbocycles. The average molecular weight is 164 g/mol. The van der Waals surface area contributed by atoms with Crippen molar-refractivity contribution in [1.29, 1.82) is 0 Å². The molecule has 62 valence electrons. The Morgan fingerprint density at radius 2 is 2.50 bits per heavy atom. The smallest absolute Gasteiger partial charge is 0.411 e. The van der Waals surface area contributed by atoms with E-state index in [0.29, 0.717) is 6.54 Å². The molecule has 4 heteroatoms. The molecule has 12 heavy (non-hydrogen) atoms. The van der Waals surface area contributed by atoms with Gasteiger partial charge in [0.1, 0.15) is 0 Å². The summed E-state index contributed by atoms with van der Waals surface area (Å²) in [5.41, 5.74) is 2.01. The van der Waals surface area contributed by atoms with E-state index in [4.69, 9.17) is 5.11 Å². The van der Waals surface area contributed by atoms with Gasteiger partial charge in [0.15, 0.2) is 0 Å². The molecule has 0 aromatic carbocycles. The number of aromatic nitrogens is 1. The van der Waals surface area contributed by atoms with Crippen molar-refractivity contribution in [3.63, 3.8) is 0 Å². The van der Waals surface area contributed by atoms with Gasteiger partial charge in [0.2, 0.25) is 0 Å². The van der Waals surface area contributed by atoms with E-state index in [-0.39, 0.29) is 0 Å². The molecule has 0 radical (unpaired) electrons. The fraction of sp³-hybridized carbons (Fsp3) is 0.125. The Hall–Kier alpha value is -1.71. The highest BCUT2D eigenvalue weighted by atomic mass is 16.4. The Bertz CT molecular complexity index is 341. The highest BCUT2D eigenvalue weighted by Crippen LogP contribution is 2.17. The van der Waals surface area contributed by atoms with Crippen molar-refractivity contribution in [2.24, 2.45) is 0 Å². The fourth-order valence-electron chi connectivity index (χ4n) is 1.24. The zero-order valence-corrected chi connectivity index (χ0v) is 6.32. The van der Waals surface area contributed by atoms with E-state index < -0.39 is 6.09 Å². The van der Waals surface area contributed by atoms with Crippen molar-refractivity contribution in [3.8, 4) is 0 Å². The molecule has 0 unspecified atom stereocenters. The molecule has 1 aromatic heterocycles. The molecule has 2 heterocycles. The first-order chi connectivity index (χ1) is 5.77. The molecule has 1 amide bonds. The van der Waals surface area contributed by atoms with E-state index in [2.05, 4.69) is 4.98 Å². The number of carbonyl (C=O) groups is 1. The van der Waals surface area contributed by atoms with Gasteiger partial charge < -0.3 is 10.1 Å². The molecule has 0 saturated heterocycles. The Morgan fingerprint density at radius 1 is 1.67 bits per heavy atom. The first kappa shape index (κ1) is 6.97. The van der Waals surface area contributed by atoms with Gasteiger partial charge in [0.05, 0.1) is 6.54 Å². The third-order valence-corrected chi connectivity index (χ3v) is 1.88. The number of nitrogens with one attached hydrogen (secondary N) is 1. The summed E-state index contributed by atoms with van der Waals surface area (Å²) in [5, 5.41) is 8.67. The number of hydrogen-bond acceptors (Lipinski definition) is 1. The second-order valence-corrected chi connectivity index (χ2v) is 2.64. The SMILES string of the molecule is O=C(O)N1C=Cc2[nH]ccc2C1. The summed E-state index contributed by atoms with van der Waals surface area (Å²) < 4.78 is 0. The van der Waals surface area contributed by atoms with Crippen LogP contribution in [0.4, 0.5) is 4.79 Å². The van der Waals surface area contributed by atoms with Gasteiger partial charge in [-0.15, -0.1) is 0 Å². The minimum atomic E-state index is -0.918. The van der Waals surface area contributed by atoms with Gasteiger partial charge in [0, 0.05) is 18.1 Å². The summed E-state index contributed by atoms with van der Waals surface area (Å²) in [6.45, 7) is 0.435. The standard InChI is InChI=1S/C8H8N2O2/c11-8(12)10-4-2-7-6(5-10)1-3-9-7/h1-4,9H,5H2,(H,11,12). The van der Waals surface area contributed by atoms with Crippen molar-refractivity contribution >= 4 is 12.2 Å². The van der Waals surface area contributed by atoms with Gasteiger partial charge in [-0.25, -0.2) is 4.79 Å². The second kappa shape index (κ2) is 2.41. The predicted octanol–water partition coefficient (Wildman–Crippen LogP) is 1.48. The van der Waals surface area contributed by atoms with Crippen molar-refractivity contribution in [2.75, 3.05) is 0 Å². The maximum absolute atomic E-state index is 10.6. The molecule has 0 bridgehead atoms. The van der Waals surface area contributed by atoms with Crippen LogP contribution in [-0.4, -0.2) is 21.1 Å². The van der Waals surface area contributed by atoms with Gasteiger partial charge in [-0.2, -0.15) is 0 Å². The van der Waals surface area contributed by atoms with Crippen molar-refractivity contribution in [1.82, 2.24) is 9.88 Å². The van der Waals surface area contributed by atoms with Crippen molar-refractivity contribution < 1.29 is 9.90 Å². The number of H-pyrrole nitrogens is 1. The number of carboxylic acid groups (broad SMARTS) is 1. The summed E-state index contributed by atoms with van der Waals surface area (Å²) in [4.78, 5) is 14.8. The number of rotatable bonds is 0. The van der Waals surface area contributed by atoms with Gasteiger partial charge >= 0.3 is 6.09 Å². The molecule has 1 aliphatic rings. The minimum absolute atomic E-state index is 0.435. The number of aromatic amines is 1. The molecular weight excluding hydrogens is 156 g/mol. The molecular formula is C8H8N2O2. The summed E-state index contributed by atoms with van der Waals surface area (Å²) in [7, 11) is 0. The molecule has 1 aliphatic heterocycles.